The van der Waals surface area contributed by atoms with Crippen LogP contribution < -0.4 is 0 Å². The van der Waals surface area contributed by atoms with Crippen LogP contribution in [0, 0.1) is 5.92 Å². The van der Waals surface area contributed by atoms with E-state index in [1.807, 2.05) is 0 Å². The minimum Gasteiger partial charge on any atom is -0.379 e. The number of hydrogen-bond donors (Lipinski definition) is 0. The van der Waals surface area contributed by atoms with E-state index in [4.69, 9.17) is 33.2 Å². The van der Waals surface area contributed by atoms with Crippen molar-refractivity contribution in [3.8, 4) is 0 Å². The molecule has 27 heavy (non-hydrogen) atoms. The van der Waals surface area contributed by atoms with Gasteiger partial charge in [0.25, 0.3) is 0 Å². The van der Waals surface area contributed by atoms with E-state index in [2.05, 4.69) is 13.8 Å². The first kappa shape index (κ1) is 26.6. The summed E-state index contributed by atoms with van der Waals surface area (Å²) in [6, 6.07) is 0. The van der Waals surface area contributed by atoms with E-state index in [9.17, 15) is 4.39 Å². The van der Waals surface area contributed by atoms with Gasteiger partial charge in [0, 0.05) is 6.61 Å². The zero-order chi connectivity index (χ0) is 19.8. The highest BCUT2D eigenvalue weighted by atomic mass is 19.1. The molecule has 1 atom stereocenters. The lowest BCUT2D eigenvalue weighted by molar-refractivity contribution is -0.0217. The van der Waals surface area contributed by atoms with Gasteiger partial charge in [0.2, 0.25) is 0 Å². The Morgan fingerprint density at radius 1 is 0.519 bits per heavy atom. The van der Waals surface area contributed by atoms with E-state index in [0.29, 0.717) is 85.2 Å². The average molecular weight is 399 g/mol. The molecule has 0 radical (unpaired) electrons. The molecule has 0 aliphatic carbocycles. The second-order valence-corrected chi connectivity index (χ2v) is 5.95. The first-order valence-electron chi connectivity index (χ1n) is 9.91. The van der Waals surface area contributed by atoms with Crippen molar-refractivity contribution in [2.45, 2.75) is 20.3 Å². The van der Waals surface area contributed by atoms with Crippen LogP contribution in [0.3, 0.4) is 0 Å². The Bertz CT molecular complexity index is 272. The Kier molecular flexibility index (Phi) is 23.4. The summed E-state index contributed by atoms with van der Waals surface area (Å²) in [5.74, 6) is 0.603. The van der Waals surface area contributed by atoms with Crippen LogP contribution in [0.15, 0.2) is 0 Å². The lowest BCUT2D eigenvalue weighted by atomic mass is 10.1. The maximum atomic E-state index is 11.7. The van der Waals surface area contributed by atoms with Crippen LogP contribution in [0.5, 0.6) is 0 Å². The largest absolute Gasteiger partial charge is 0.379 e. The maximum absolute atomic E-state index is 11.7. The third kappa shape index (κ3) is 23.6. The predicted octanol–water partition coefficient (Wildman–Crippen LogP) is 2.12. The van der Waals surface area contributed by atoms with Crippen LogP contribution >= 0.6 is 0 Å². The topological polar surface area (TPSA) is 64.6 Å². The van der Waals surface area contributed by atoms with Gasteiger partial charge in [0.05, 0.1) is 85.9 Å². The highest BCUT2D eigenvalue weighted by Gasteiger charge is 1.98. The molecule has 0 aliphatic rings. The lowest BCUT2D eigenvalue weighted by Crippen LogP contribution is -2.15. The number of alkyl halides is 1. The molecule has 0 N–H and O–H groups in total. The highest BCUT2D eigenvalue weighted by molar-refractivity contribution is 4.45. The minimum atomic E-state index is -0.462. The van der Waals surface area contributed by atoms with E-state index in [-0.39, 0.29) is 6.61 Å². The summed E-state index contributed by atoms with van der Waals surface area (Å²) in [5, 5.41) is 0. The molecular formula is C19H39FO7. The second kappa shape index (κ2) is 23.7. The van der Waals surface area contributed by atoms with Crippen LogP contribution in [0.2, 0.25) is 0 Å². The Morgan fingerprint density at radius 2 is 0.815 bits per heavy atom. The number of halogens is 1. The summed E-state index contributed by atoms with van der Waals surface area (Å²) in [6.07, 6.45) is 1.14. The standard InChI is InChI=1S/C19H39FO7/c1-3-19(2)18-27-17-16-26-15-14-25-13-12-24-11-10-23-9-8-22-7-6-21-5-4-20/h19H,3-18H2,1-2H3. The van der Waals surface area contributed by atoms with Gasteiger partial charge in [-0.2, -0.15) is 0 Å². The zero-order valence-electron chi connectivity index (χ0n) is 17.1. The number of rotatable bonds is 23. The molecule has 164 valence electrons. The number of ether oxygens (including phenoxy) is 7. The molecule has 0 spiro atoms. The summed E-state index contributed by atoms with van der Waals surface area (Å²) in [6.45, 7) is 11.1. The average Bonchev–Trinajstić information content (AvgIpc) is 2.68. The molecule has 1 unspecified atom stereocenters. The Hall–Kier alpha value is -0.350. The maximum Gasteiger partial charge on any atom is 0.113 e. The fourth-order valence-electron chi connectivity index (χ4n) is 1.78. The fraction of sp³-hybridized carbons (Fsp3) is 1.00. The molecule has 0 rings (SSSR count). The summed E-state index contributed by atoms with van der Waals surface area (Å²) < 4.78 is 49.0. The van der Waals surface area contributed by atoms with E-state index in [1.165, 1.54) is 0 Å². The molecule has 0 heterocycles. The fourth-order valence-corrected chi connectivity index (χ4v) is 1.78. The van der Waals surface area contributed by atoms with Gasteiger partial charge in [-0.15, -0.1) is 0 Å². The molecule has 0 aromatic heterocycles. The summed E-state index contributed by atoms with van der Waals surface area (Å²) in [4.78, 5) is 0. The van der Waals surface area contributed by atoms with Crippen LogP contribution in [0.25, 0.3) is 0 Å². The smallest absolute Gasteiger partial charge is 0.113 e. The van der Waals surface area contributed by atoms with Crippen LogP contribution in [0.4, 0.5) is 4.39 Å². The molecule has 0 aromatic rings. The molecule has 0 fully saturated rings. The molecular weight excluding hydrogens is 359 g/mol. The third-order valence-electron chi connectivity index (χ3n) is 3.55. The molecule has 8 heteroatoms. The molecule has 0 bridgehead atoms. The molecule has 0 saturated carbocycles. The normalized spacial score (nSPS) is 12.6. The van der Waals surface area contributed by atoms with Gasteiger partial charge < -0.3 is 33.2 Å². The Labute approximate surface area is 163 Å². The monoisotopic (exact) mass is 398 g/mol. The molecule has 0 amide bonds. The van der Waals surface area contributed by atoms with Crippen molar-refractivity contribution in [3.05, 3.63) is 0 Å². The van der Waals surface area contributed by atoms with Gasteiger partial charge in [-0.05, 0) is 5.92 Å². The minimum absolute atomic E-state index is 0.126. The summed E-state index contributed by atoms with van der Waals surface area (Å²) in [7, 11) is 0. The van der Waals surface area contributed by atoms with Crippen molar-refractivity contribution in [2.75, 3.05) is 99.2 Å². The van der Waals surface area contributed by atoms with Gasteiger partial charge in [0.15, 0.2) is 0 Å². The van der Waals surface area contributed by atoms with E-state index < -0.39 is 6.67 Å². The predicted molar refractivity (Wildman–Crippen MR) is 101 cm³/mol. The van der Waals surface area contributed by atoms with Gasteiger partial charge in [-0.25, -0.2) is 4.39 Å². The van der Waals surface area contributed by atoms with Crippen molar-refractivity contribution in [2.24, 2.45) is 5.92 Å². The molecule has 7 nitrogen and oxygen atoms in total. The highest BCUT2D eigenvalue weighted by Crippen LogP contribution is 1.99. The zero-order valence-corrected chi connectivity index (χ0v) is 17.1. The third-order valence-corrected chi connectivity index (χ3v) is 3.55. The van der Waals surface area contributed by atoms with Crippen molar-refractivity contribution in [1.82, 2.24) is 0 Å². The summed E-state index contributed by atoms with van der Waals surface area (Å²) >= 11 is 0. The van der Waals surface area contributed by atoms with E-state index in [1.54, 1.807) is 0 Å². The van der Waals surface area contributed by atoms with E-state index >= 15 is 0 Å². The van der Waals surface area contributed by atoms with Crippen molar-refractivity contribution >= 4 is 0 Å². The Balaban J connectivity index is 2.99. The quantitative estimate of drug-likeness (QED) is 0.244. The van der Waals surface area contributed by atoms with Gasteiger partial charge in [-0.3, -0.25) is 0 Å². The van der Waals surface area contributed by atoms with E-state index in [0.717, 1.165) is 13.0 Å². The van der Waals surface area contributed by atoms with Crippen LogP contribution in [-0.2, 0) is 33.2 Å². The molecule has 0 aliphatic heterocycles. The van der Waals surface area contributed by atoms with Gasteiger partial charge >= 0.3 is 0 Å². The van der Waals surface area contributed by atoms with Gasteiger partial charge in [-0.1, -0.05) is 20.3 Å². The molecule has 0 aromatic carbocycles. The first-order valence-corrected chi connectivity index (χ1v) is 9.91. The van der Waals surface area contributed by atoms with Crippen molar-refractivity contribution < 1.29 is 37.5 Å². The number of hydrogen-bond acceptors (Lipinski definition) is 7. The SMILES string of the molecule is CCC(C)COCCOCCOCCOCCOCCOCCOCCF. The Morgan fingerprint density at radius 3 is 1.11 bits per heavy atom. The van der Waals surface area contributed by atoms with Crippen LogP contribution in [-0.4, -0.2) is 99.2 Å². The van der Waals surface area contributed by atoms with Crippen molar-refractivity contribution in [3.63, 3.8) is 0 Å². The first-order chi connectivity index (χ1) is 13.3. The lowest BCUT2D eigenvalue weighted by Gasteiger charge is -2.10. The summed E-state index contributed by atoms with van der Waals surface area (Å²) in [5.41, 5.74) is 0. The molecule has 0 saturated heterocycles. The van der Waals surface area contributed by atoms with Crippen molar-refractivity contribution in [1.29, 1.82) is 0 Å². The second-order valence-electron chi connectivity index (χ2n) is 5.95. The van der Waals surface area contributed by atoms with Crippen LogP contribution in [0.1, 0.15) is 20.3 Å². The van der Waals surface area contributed by atoms with Gasteiger partial charge in [0.1, 0.15) is 6.67 Å².